The molecule has 0 heterocycles. The number of hydrogen-bond donors (Lipinski definition) is 13. The molecule has 21 nitrogen and oxygen atoms in total. The van der Waals surface area contributed by atoms with Gasteiger partial charge in [0.2, 0.25) is 5.52 Å². The zero-order chi connectivity index (χ0) is 27.8. The number of hydrogen-bond acceptors (Lipinski definition) is 7. The molecule has 0 bridgehead atoms. The summed E-state index contributed by atoms with van der Waals surface area (Å²) in [5.74, 6) is 0. The zero-order valence-corrected chi connectivity index (χ0v) is 21.8. The van der Waals surface area contributed by atoms with Gasteiger partial charge in [0.15, 0.2) is 0 Å². The molecule has 0 spiro atoms. The highest BCUT2D eigenvalue weighted by Crippen LogP contribution is 2.72. The summed E-state index contributed by atoms with van der Waals surface area (Å²) in [6.07, 6.45) is 0. The predicted molar refractivity (Wildman–Crippen MR) is 108 cm³/mol. The Labute approximate surface area is 190 Å². The molecular formula is C7H24N2O19P6+. The lowest BCUT2D eigenvalue weighted by Gasteiger charge is -2.48. The van der Waals surface area contributed by atoms with Crippen molar-refractivity contribution in [1.29, 1.82) is 0 Å². The maximum Gasteiger partial charge on any atom is 0.395 e. The van der Waals surface area contributed by atoms with Gasteiger partial charge in [0.1, 0.15) is 6.54 Å². The lowest BCUT2D eigenvalue weighted by molar-refractivity contribution is -0.929. The molecule has 0 aromatic rings. The van der Waals surface area contributed by atoms with Gasteiger partial charge in [0.25, 0.3) is 11.0 Å². The van der Waals surface area contributed by atoms with Crippen LogP contribution in [-0.4, -0.2) is 111 Å². The van der Waals surface area contributed by atoms with E-state index in [0.29, 0.717) is 0 Å². The molecule has 0 fully saturated rings. The molecule has 0 atom stereocenters. The molecule has 0 saturated carbocycles. The van der Waals surface area contributed by atoms with Crippen LogP contribution in [0.1, 0.15) is 0 Å². The number of nitrogens with zero attached hydrogens (tertiary/aromatic N) is 2. The summed E-state index contributed by atoms with van der Waals surface area (Å²) in [4.78, 5) is 113. The van der Waals surface area contributed by atoms with Gasteiger partial charge in [-0.2, -0.15) is 0 Å². The van der Waals surface area contributed by atoms with E-state index in [2.05, 4.69) is 5.32 Å². The molecule has 13 N–H and O–H groups in total. The quantitative estimate of drug-likeness (QED) is 0.0652. The highest BCUT2D eigenvalue weighted by atomic mass is 31.2. The molecule has 0 unspecified atom stereocenters. The second-order valence-corrected chi connectivity index (χ2v) is 18.0. The van der Waals surface area contributed by atoms with Crippen molar-refractivity contribution in [2.24, 2.45) is 0 Å². The maximum absolute atomic E-state index is 12.0. The van der Waals surface area contributed by atoms with E-state index in [0.717, 1.165) is 0 Å². The number of rotatable bonds is 14. The van der Waals surface area contributed by atoms with E-state index < -0.39 is 92.9 Å². The van der Waals surface area contributed by atoms with Crippen molar-refractivity contribution < 1.29 is 95.7 Å². The highest BCUT2D eigenvalue weighted by Gasteiger charge is 2.69. The maximum atomic E-state index is 12.0. The molecule has 0 aromatic carbocycles. The summed E-state index contributed by atoms with van der Waals surface area (Å²) in [6.45, 7) is -6.30. The average molecular weight is 626 g/mol. The SMILES string of the molecule is O=P(O)(O)C([N]CC[N+](CCO)(C(P(=O)(O)O)P(=O)(O)O)C(P(=O)(O)O)P(=O)(O)O)P(=O)(O)O. The van der Waals surface area contributed by atoms with E-state index >= 15 is 0 Å². The summed E-state index contributed by atoms with van der Waals surface area (Å²) in [5, 5.41) is 12.2. The molecule has 1 radical (unpaired) electrons. The van der Waals surface area contributed by atoms with E-state index in [1.165, 1.54) is 0 Å². The van der Waals surface area contributed by atoms with Gasteiger partial charge in [-0.05, 0) is 0 Å². The van der Waals surface area contributed by atoms with E-state index in [4.69, 9.17) is 19.6 Å². The van der Waals surface area contributed by atoms with Crippen molar-refractivity contribution in [3.8, 4) is 0 Å². The third kappa shape index (κ3) is 9.26. The van der Waals surface area contributed by atoms with Gasteiger partial charge in [0.05, 0.1) is 19.7 Å². The van der Waals surface area contributed by atoms with Gasteiger partial charge < -0.3 is 63.8 Å². The van der Waals surface area contributed by atoms with E-state index in [1.54, 1.807) is 0 Å². The smallest absolute Gasteiger partial charge is 0.391 e. The first-order valence-electron chi connectivity index (χ1n) is 8.08. The normalized spacial score (nSPS) is 15.5. The summed E-state index contributed by atoms with van der Waals surface area (Å²) >= 11 is 0. The van der Waals surface area contributed by atoms with Crippen molar-refractivity contribution in [1.82, 2.24) is 5.32 Å². The molecule has 0 rings (SSSR count). The van der Waals surface area contributed by atoms with Crippen LogP contribution in [0, 0.1) is 0 Å². The standard InChI is InChI=1S/C7H23N2O19P6/c10-4-3-9(6(31(17,18)19)32(20,21)22,7(33(23,24)25)34(26,27)28)2-1-8-5(29(11,12)13)30(14,15)16/h5-7,10H,1-4H2,(H11-,11,12,13,14,15,16,17,18,19,20,21,22,23,24,25,26,27,28)/p+1. The Kier molecular flexibility index (Phi) is 11.5. The van der Waals surface area contributed by atoms with Gasteiger partial charge >= 0.3 is 45.6 Å². The first-order chi connectivity index (χ1) is 14.6. The largest absolute Gasteiger partial charge is 0.395 e. The van der Waals surface area contributed by atoms with E-state index in [-0.39, 0.29) is 0 Å². The molecule has 0 aliphatic rings. The Bertz CT molecular complexity index is 879. The van der Waals surface area contributed by atoms with Gasteiger partial charge in [-0.1, -0.05) is 0 Å². The number of aliphatic hydroxyl groups excluding tert-OH is 1. The lowest BCUT2D eigenvalue weighted by atomic mass is 10.4. The molecule has 0 aromatic heterocycles. The molecule has 0 saturated heterocycles. The van der Waals surface area contributed by atoms with Crippen LogP contribution in [-0.2, 0) is 27.4 Å². The van der Waals surface area contributed by atoms with Crippen molar-refractivity contribution in [3.05, 3.63) is 0 Å². The van der Waals surface area contributed by atoms with Crippen molar-refractivity contribution >= 4 is 45.6 Å². The predicted octanol–water partition coefficient (Wildman–Crippen LogP) is -3.68. The van der Waals surface area contributed by atoms with Gasteiger partial charge in [-0.3, -0.25) is 31.9 Å². The van der Waals surface area contributed by atoms with Crippen LogP contribution in [0.15, 0.2) is 0 Å². The average Bonchev–Trinajstić information content (AvgIpc) is 2.42. The van der Waals surface area contributed by atoms with Crippen LogP contribution < -0.4 is 5.32 Å². The first kappa shape index (κ1) is 34.8. The van der Waals surface area contributed by atoms with Crippen molar-refractivity contribution in [2.75, 3.05) is 26.2 Å². The second-order valence-electron chi connectivity index (χ2n) is 6.75. The number of aliphatic hydroxyl groups is 1. The summed E-state index contributed by atoms with van der Waals surface area (Å²) in [5.41, 5.74) is -10.5. The van der Waals surface area contributed by atoms with Crippen LogP contribution >= 0.6 is 45.6 Å². The Morgan fingerprint density at radius 1 is 0.529 bits per heavy atom. The van der Waals surface area contributed by atoms with Gasteiger partial charge in [0, 0.05) is 0 Å². The molecule has 27 heteroatoms. The summed E-state index contributed by atoms with van der Waals surface area (Å²) in [7, 11) is -36.8. The van der Waals surface area contributed by atoms with Crippen LogP contribution in [0.3, 0.4) is 0 Å². The first-order valence-corrected chi connectivity index (χ1v) is 18.2. The fraction of sp³-hybridized carbons (Fsp3) is 1.00. The topological polar surface area (TPSA) is 380 Å². The fourth-order valence-corrected chi connectivity index (χ4v) is 12.9. The molecule has 205 valence electrons. The highest BCUT2D eigenvalue weighted by molar-refractivity contribution is 7.72. The fourth-order valence-electron chi connectivity index (χ4n) is 3.24. The van der Waals surface area contributed by atoms with Crippen molar-refractivity contribution in [3.63, 3.8) is 0 Å². The molecule has 0 amide bonds. The Morgan fingerprint density at radius 3 is 1.03 bits per heavy atom. The van der Waals surface area contributed by atoms with Crippen molar-refractivity contribution in [2.45, 2.75) is 16.6 Å². The third-order valence-electron chi connectivity index (χ3n) is 4.05. The lowest BCUT2D eigenvalue weighted by Crippen LogP contribution is -2.63. The summed E-state index contributed by atoms with van der Waals surface area (Å²) in [6, 6.07) is 0. The molecular weight excluding hydrogens is 602 g/mol. The second kappa shape index (κ2) is 11.3. The minimum absolute atomic E-state index is 1.48. The summed E-state index contributed by atoms with van der Waals surface area (Å²) < 4.78 is 68.0. The minimum atomic E-state index is -6.31. The number of quaternary nitrogens is 1. The van der Waals surface area contributed by atoms with Gasteiger partial charge in [-0.15, -0.1) is 0 Å². The van der Waals surface area contributed by atoms with E-state index in [1.807, 2.05) is 0 Å². The zero-order valence-electron chi connectivity index (χ0n) is 16.4. The van der Waals surface area contributed by atoms with Crippen LogP contribution in [0.2, 0.25) is 0 Å². The van der Waals surface area contributed by atoms with Crippen LogP contribution in [0.5, 0.6) is 0 Å². The van der Waals surface area contributed by atoms with Crippen LogP contribution in [0.4, 0.5) is 0 Å². The van der Waals surface area contributed by atoms with Crippen LogP contribution in [0.25, 0.3) is 0 Å². The molecule has 0 aliphatic carbocycles. The monoisotopic (exact) mass is 626 g/mol. The van der Waals surface area contributed by atoms with E-state index in [9.17, 15) is 71.6 Å². The Morgan fingerprint density at radius 2 is 0.824 bits per heavy atom. The third-order valence-corrected chi connectivity index (χ3v) is 15.2. The Hall–Kier alpha value is 0.780. The molecule has 0 aliphatic heterocycles. The van der Waals surface area contributed by atoms with Gasteiger partial charge in [-0.25, -0.2) is 5.32 Å². The molecule has 34 heavy (non-hydrogen) atoms. The Balaban J connectivity index is 7.19. The minimum Gasteiger partial charge on any atom is -0.391 e.